The van der Waals surface area contributed by atoms with E-state index in [4.69, 9.17) is 5.73 Å². The quantitative estimate of drug-likeness (QED) is 0.577. The van der Waals surface area contributed by atoms with Crippen molar-refractivity contribution in [3.05, 3.63) is 53.6 Å². The molecule has 3 heteroatoms. The van der Waals surface area contributed by atoms with Crippen LogP contribution in [0.1, 0.15) is 44.2 Å². The van der Waals surface area contributed by atoms with E-state index in [-0.39, 0.29) is 0 Å². The van der Waals surface area contributed by atoms with Crippen molar-refractivity contribution in [1.82, 2.24) is 10.6 Å². The van der Waals surface area contributed by atoms with Crippen LogP contribution < -0.4 is 16.4 Å². The lowest BCUT2D eigenvalue weighted by atomic mass is 9.88. The standard InChI is InChI=1S/C21H33N3/c1-17-6-3-4-7-21(17)20-10-8-19(9-11-20)16-24-14-5-13-23-15-12-18(2)22/h3-4,7-11,17-18,23-24H,5-6,12-16,22H2,1-2H3. The molecule has 132 valence electrons. The van der Waals surface area contributed by atoms with Crippen molar-refractivity contribution < 1.29 is 0 Å². The minimum Gasteiger partial charge on any atom is -0.328 e. The molecule has 3 nitrogen and oxygen atoms in total. The van der Waals surface area contributed by atoms with E-state index in [1.165, 1.54) is 16.7 Å². The zero-order chi connectivity index (χ0) is 17.2. The minimum absolute atomic E-state index is 0.293. The monoisotopic (exact) mass is 327 g/mol. The number of benzene rings is 1. The van der Waals surface area contributed by atoms with Gasteiger partial charge in [-0.2, -0.15) is 0 Å². The van der Waals surface area contributed by atoms with Crippen LogP contribution in [0.2, 0.25) is 0 Å². The molecule has 1 aromatic carbocycles. The average molecular weight is 328 g/mol. The van der Waals surface area contributed by atoms with E-state index in [0.717, 1.165) is 45.4 Å². The first-order valence-corrected chi connectivity index (χ1v) is 9.30. The molecule has 0 amide bonds. The molecule has 2 unspecified atom stereocenters. The van der Waals surface area contributed by atoms with Gasteiger partial charge in [0, 0.05) is 12.6 Å². The van der Waals surface area contributed by atoms with Gasteiger partial charge in [-0.15, -0.1) is 0 Å². The Labute approximate surface area is 147 Å². The van der Waals surface area contributed by atoms with Crippen molar-refractivity contribution in [2.75, 3.05) is 19.6 Å². The highest BCUT2D eigenvalue weighted by Crippen LogP contribution is 2.29. The van der Waals surface area contributed by atoms with Gasteiger partial charge in [0.2, 0.25) is 0 Å². The van der Waals surface area contributed by atoms with Crippen LogP contribution in [0.4, 0.5) is 0 Å². The first kappa shape index (κ1) is 18.9. The third-order valence-electron chi connectivity index (χ3n) is 4.53. The third kappa shape index (κ3) is 6.60. The fourth-order valence-corrected chi connectivity index (χ4v) is 2.97. The molecular formula is C21H33N3. The Morgan fingerprint density at radius 3 is 2.58 bits per heavy atom. The van der Waals surface area contributed by atoms with Crippen LogP contribution in [0.3, 0.4) is 0 Å². The van der Waals surface area contributed by atoms with E-state index >= 15 is 0 Å². The highest BCUT2D eigenvalue weighted by atomic mass is 14.9. The number of nitrogens with two attached hydrogens (primary N) is 1. The van der Waals surface area contributed by atoms with Crippen LogP contribution in [0.15, 0.2) is 42.5 Å². The van der Waals surface area contributed by atoms with Gasteiger partial charge in [0.25, 0.3) is 0 Å². The van der Waals surface area contributed by atoms with Crippen molar-refractivity contribution in [2.24, 2.45) is 11.7 Å². The van der Waals surface area contributed by atoms with Crippen LogP contribution in [-0.4, -0.2) is 25.7 Å². The Morgan fingerprint density at radius 2 is 1.88 bits per heavy atom. The largest absolute Gasteiger partial charge is 0.328 e. The first-order chi connectivity index (χ1) is 11.7. The zero-order valence-electron chi connectivity index (χ0n) is 15.2. The summed E-state index contributed by atoms with van der Waals surface area (Å²) in [5.74, 6) is 0.619. The molecule has 0 aliphatic heterocycles. The molecule has 1 aliphatic carbocycles. The molecule has 0 spiro atoms. The summed E-state index contributed by atoms with van der Waals surface area (Å²) in [6.07, 6.45) is 10.0. The summed E-state index contributed by atoms with van der Waals surface area (Å²) in [4.78, 5) is 0. The molecule has 4 N–H and O–H groups in total. The molecule has 1 aliphatic rings. The molecule has 0 saturated heterocycles. The van der Waals surface area contributed by atoms with Gasteiger partial charge in [-0.1, -0.05) is 49.4 Å². The Kier molecular flexibility index (Phi) is 8.23. The van der Waals surface area contributed by atoms with Gasteiger partial charge in [0.15, 0.2) is 0 Å². The maximum absolute atomic E-state index is 5.73. The van der Waals surface area contributed by atoms with Gasteiger partial charge in [-0.3, -0.25) is 0 Å². The molecule has 2 rings (SSSR count). The fourth-order valence-electron chi connectivity index (χ4n) is 2.97. The van der Waals surface area contributed by atoms with Crippen molar-refractivity contribution >= 4 is 5.57 Å². The number of nitrogens with one attached hydrogen (secondary N) is 2. The summed E-state index contributed by atoms with van der Waals surface area (Å²) >= 11 is 0. The van der Waals surface area contributed by atoms with E-state index < -0.39 is 0 Å². The van der Waals surface area contributed by atoms with Crippen LogP contribution in [-0.2, 0) is 6.54 Å². The van der Waals surface area contributed by atoms with Crippen LogP contribution in [0, 0.1) is 5.92 Å². The summed E-state index contributed by atoms with van der Waals surface area (Å²) in [6.45, 7) is 8.40. The van der Waals surface area contributed by atoms with E-state index in [1.807, 2.05) is 0 Å². The van der Waals surface area contributed by atoms with E-state index in [1.54, 1.807) is 0 Å². The smallest absolute Gasteiger partial charge is 0.0205 e. The third-order valence-corrected chi connectivity index (χ3v) is 4.53. The highest BCUT2D eigenvalue weighted by molar-refractivity contribution is 5.70. The highest BCUT2D eigenvalue weighted by Gasteiger charge is 2.11. The summed E-state index contributed by atoms with van der Waals surface area (Å²) in [6, 6.07) is 9.30. The molecule has 0 bridgehead atoms. The molecule has 1 aromatic rings. The van der Waals surface area contributed by atoms with E-state index in [0.29, 0.717) is 12.0 Å². The summed E-state index contributed by atoms with van der Waals surface area (Å²) < 4.78 is 0. The van der Waals surface area contributed by atoms with Gasteiger partial charge in [0.05, 0.1) is 0 Å². The predicted molar refractivity (Wildman–Crippen MR) is 105 cm³/mol. The Balaban J connectivity index is 1.64. The van der Waals surface area contributed by atoms with Gasteiger partial charge in [0.1, 0.15) is 0 Å². The predicted octanol–water partition coefficient (Wildman–Crippen LogP) is 3.47. The molecule has 24 heavy (non-hydrogen) atoms. The molecule has 2 atom stereocenters. The normalized spacial score (nSPS) is 18.5. The van der Waals surface area contributed by atoms with Gasteiger partial charge in [-0.25, -0.2) is 0 Å². The maximum atomic E-state index is 5.73. The molecular weight excluding hydrogens is 294 g/mol. The Hall–Kier alpha value is -1.42. The molecule has 0 aromatic heterocycles. The van der Waals surface area contributed by atoms with Crippen LogP contribution in [0.5, 0.6) is 0 Å². The van der Waals surface area contributed by atoms with E-state index in [9.17, 15) is 0 Å². The van der Waals surface area contributed by atoms with Crippen molar-refractivity contribution in [1.29, 1.82) is 0 Å². The lowest BCUT2D eigenvalue weighted by Gasteiger charge is -2.17. The second kappa shape index (κ2) is 10.4. The molecule has 0 radical (unpaired) electrons. The van der Waals surface area contributed by atoms with Crippen LogP contribution in [0.25, 0.3) is 5.57 Å². The van der Waals surface area contributed by atoms with Gasteiger partial charge >= 0.3 is 0 Å². The average Bonchev–Trinajstić information content (AvgIpc) is 2.58. The number of hydrogen-bond donors (Lipinski definition) is 3. The Bertz CT molecular complexity index is 529. The second-order valence-corrected chi connectivity index (χ2v) is 6.93. The Morgan fingerprint density at radius 1 is 1.12 bits per heavy atom. The van der Waals surface area contributed by atoms with Crippen molar-refractivity contribution in [2.45, 2.75) is 45.7 Å². The van der Waals surface area contributed by atoms with Gasteiger partial charge in [-0.05, 0) is 68.4 Å². The first-order valence-electron chi connectivity index (χ1n) is 9.30. The van der Waals surface area contributed by atoms with Gasteiger partial charge < -0.3 is 16.4 Å². The summed E-state index contributed by atoms with van der Waals surface area (Å²) in [5.41, 5.74) is 9.89. The number of allylic oxidation sites excluding steroid dienone is 4. The molecule has 0 heterocycles. The topological polar surface area (TPSA) is 50.1 Å². The van der Waals surface area contributed by atoms with Crippen molar-refractivity contribution in [3.63, 3.8) is 0 Å². The minimum atomic E-state index is 0.293. The lowest BCUT2D eigenvalue weighted by Crippen LogP contribution is -2.26. The molecule has 0 saturated carbocycles. The van der Waals surface area contributed by atoms with Crippen molar-refractivity contribution in [3.8, 4) is 0 Å². The van der Waals surface area contributed by atoms with E-state index in [2.05, 4.69) is 67.0 Å². The summed E-state index contributed by atoms with van der Waals surface area (Å²) in [5, 5.41) is 6.95. The summed E-state index contributed by atoms with van der Waals surface area (Å²) in [7, 11) is 0. The SMILES string of the molecule is CC(N)CCNCCCNCc1ccc(C2=CC=CCC2C)cc1. The molecule has 0 fully saturated rings. The zero-order valence-corrected chi connectivity index (χ0v) is 15.2. The maximum Gasteiger partial charge on any atom is 0.0205 e. The lowest BCUT2D eigenvalue weighted by molar-refractivity contribution is 0.558. The number of rotatable bonds is 10. The fraction of sp³-hybridized carbons (Fsp3) is 0.524. The number of hydrogen-bond acceptors (Lipinski definition) is 3. The second-order valence-electron chi connectivity index (χ2n) is 6.93. The van der Waals surface area contributed by atoms with Crippen LogP contribution >= 0.6 is 0 Å².